The minimum Gasteiger partial charge on any atom is -0.477 e. The Morgan fingerprint density at radius 1 is 1.47 bits per heavy atom. The number of amides is 3. The Bertz CT molecular complexity index is 979. The number of carbonyl (C=O) groups is 4. The molecule has 0 unspecified atom stereocenters. The maximum absolute atomic E-state index is 12.8. The lowest BCUT2D eigenvalue weighted by atomic mass is 10.0. The van der Waals surface area contributed by atoms with Crippen LogP contribution in [0, 0.1) is 0 Å². The molecule has 0 aromatic carbocycles. The molecular formula is C15H15IN6O6S2. The first-order valence-corrected chi connectivity index (χ1v) is 11.7. The van der Waals surface area contributed by atoms with Crippen LogP contribution < -0.4 is 16.8 Å². The number of oxime groups is 1. The van der Waals surface area contributed by atoms with E-state index in [0.717, 1.165) is 11.3 Å². The van der Waals surface area contributed by atoms with Gasteiger partial charge in [-0.15, -0.1) is 23.1 Å². The summed E-state index contributed by atoms with van der Waals surface area (Å²) in [5.74, 6) is -2.89. The number of fused-ring (bicyclic) bond motifs is 1. The number of aromatic nitrogens is 1. The van der Waals surface area contributed by atoms with Gasteiger partial charge >= 0.3 is 5.97 Å². The molecule has 2 atom stereocenters. The quantitative estimate of drug-likeness (QED) is 0.102. The van der Waals surface area contributed by atoms with Crippen LogP contribution in [0.15, 0.2) is 21.8 Å². The van der Waals surface area contributed by atoms with Crippen molar-refractivity contribution < 1.29 is 29.1 Å². The molecule has 0 saturated carbocycles. The van der Waals surface area contributed by atoms with E-state index in [4.69, 9.17) is 16.3 Å². The Labute approximate surface area is 191 Å². The largest absolute Gasteiger partial charge is 0.477 e. The summed E-state index contributed by atoms with van der Waals surface area (Å²) in [4.78, 5) is 57.7. The van der Waals surface area contributed by atoms with Crippen molar-refractivity contribution in [2.45, 2.75) is 11.4 Å². The van der Waals surface area contributed by atoms with E-state index in [1.807, 2.05) is 22.6 Å². The highest BCUT2D eigenvalue weighted by Crippen LogP contribution is 2.40. The average Bonchev–Trinajstić information content (AvgIpc) is 3.13. The third kappa shape index (κ3) is 4.36. The second kappa shape index (κ2) is 9.17. The SMILES string of the molecule is NC(=O)CO/N=C(\C(=O)N[C@@H]1C(=O)N2C(C(=O)O)=C(CI)CS[C@H]12)c1csc(N)n1. The molecule has 2 aliphatic heterocycles. The van der Waals surface area contributed by atoms with E-state index in [1.54, 1.807) is 0 Å². The minimum atomic E-state index is -1.19. The fourth-order valence-electron chi connectivity index (χ4n) is 2.76. The third-order valence-electron chi connectivity index (χ3n) is 4.04. The second-order valence-corrected chi connectivity index (χ2v) is 8.76. The number of halogens is 1. The summed E-state index contributed by atoms with van der Waals surface area (Å²) in [7, 11) is 0. The van der Waals surface area contributed by atoms with Gasteiger partial charge in [-0.25, -0.2) is 9.78 Å². The number of nitrogens with zero attached hydrogens (tertiary/aromatic N) is 3. The summed E-state index contributed by atoms with van der Waals surface area (Å²) in [6.07, 6.45) is 0. The van der Waals surface area contributed by atoms with E-state index >= 15 is 0 Å². The topological polar surface area (TPSA) is 190 Å². The van der Waals surface area contributed by atoms with Gasteiger partial charge in [-0.3, -0.25) is 19.3 Å². The summed E-state index contributed by atoms with van der Waals surface area (Å²) >= 11 is 4.46. The number of rotatable bonds is 8. The molecule has 3 amide bonds. The first-order chi connectivity index (χ1) is 14.2. The Kier molecular flexibility index (Phi) is 6.81. The van der Waals surface area contributed by atoms with E-state index < -0.39 is 41.7 Å². The van der Waals surface area contributed by atoms with Gasteiger partial charge in [-0.05, 0) is 5.57 Å². The first kappa shape index (κ1) is 22.3. The molecule has 3 rings (SSSR count). The number of thiazole rings is 1. The molecule has 3 heterocycles. The van der Waals surface area contributed by atoms with Gasteiger partial charge in [0.25, 0.3) is 17.7 Å². The van der Waals surface area contributed by atoms with Gasteiger partial charge in [0.2, 0.25) is 0 Å². The van der Waals surface area contributed by atoms with E-state index in [2.05, 4.69) is 15.5 Å². The summed E-state index contributed by atoms with van der Waals surface area (Å²) in [5.41, 5.74) is 11.0. The molecule has 1 saturated heterocycles. The van der Waals surface area contributed by atoms with Gasteiger partial charge in [0, 0.05) is 15.6 Å². The van der Waals surface area contributed by atoms with Crippen LogP contribution >= 0.6 is 45.7 Å². The zero-order chi connectivity index (χ0) is 22.0. The highest BCUT2D eigenvalue weighted by molar-refractivity contribution is 14.1. The van der Waals surface area contributed by atoms with Crippen LogP contribution in [0.4, 0.5) is 5.13 Å². The van der Waals surface area contributed by atoms with Crippen LogP contribution in [0.3, 0.4) is 0 Å². The van der Waals surface area contributed by atoms with Crippen molar-refractivity contribution in [2.24, 2.45) is 10.9 Å². The van der Waals surface area contributed by atoms with Crippen LogP contribution in [0.5, 0.6) is 0 Å². The predicted molar refractivity (Wildman–Crippen MR) is 117 cm³/mol. The maximum Gasteiger partial charge on any atom is 0.352 e. The van der Waals surface area contributed by atoms with E-state index in [-0.39, 0.29) is 22.2 Å². The van der Waals surface area contributed by atoms with Gasteiger partial charge in [-0.2, -0.15) is 0 Å². The number of nitrogen functional groups attached to an aromatic ring is 1. The monoisotopic (exact) mass is 566 g/mol. The number of primary amides is 1. The second-order valence-electron chi connectivity index (χ2n) is 6.00. The van der Waals surface area contributed by atoms with Gasteiger partial charge in [-0.1, -0.05) is 27.7 Å². The van der Waals surface area contributed by atoms with Crippen molar-refractivity contribution in [1.29, 1.82) is 0 Å². The molecule has 160 valence electrons. The number of β-lactam (4-membered cyclic amide) rings is 1. The molecule has 0 bridgehead atoms. The summed E-state index contributed by atoms with van der Waals surface area (Å²) in [6.45, 7) is -0.559. The van der Waals surface area contributed by atoms with Crippen molar-refractivity contribution in [3.8, 4) is 0 Å². The van der Waals surface area contributed by atoms with Gasteiger partial charge in [0.15, 0.2) is 17.5 Å². The summed E-state index contributed by atoms with van der Waals surface area (Å²) < 4.78 is 0.471. The fraction of sp³-hybridized carbons (Fsp3) is 0.333. The fourth-order valence-corrected chi connectivity index (χ4v) is 5.65. The number of hydrogen-bond acceptors (Lipinski definition) is 10. The number of nitrogens with one attached hydrogen (secondary N) is 1. The van der Waals surface area contributed by atoms with Crippen LogP contribution in [-0.4, -0.2) is 72.6 Å². The lowest BCUT2D eigenvalue weighted by Gasteiger charge is -2.49. The summed E-state index contributed by atoms with van der Waals surface area (Å²) in [5, 5.41) is 16.7. The Hall–Kier alpha value is -2.40. The molecule has 0 spiro atoms. The molecule has 1 aromatic heterocycles. The Balaban J connectivity index is 1.79. The smallest absolute Gasteiger partial charge is 0.352 e. The number of carboxylic acids is 1. The highest BCUT2D eigenvalue weighted by atomic mass is 127. The molecule has 6 N–H and O–H groups in total. The predicted octanol–water partition coefficient (Wildman–Crippen LogP) is -0.895. The zero-order valence-electron chi connectivity index (χ0n) is 15.0. The lowest BCUT2D eigenvalue weighted by molar-refractivity contribution is -0.150. The van der Waals surface area contributed by atoms with Crippen molar-refractivity contribution in [1.82, 2.24) is 15.2 Å². The van der Waals surface area contributed by atoms with Crippen molar-refractivity contribution >= 4 is 80.2 Å². The van der Waals surface area contributed by atoms with Crippen molar-refractivity contribution in [3.63, 3.8) is 0 Å². The molecule has 12 nitrogen and oxygen atoms in total. The van der Waals surface area contributed by atoms with Crippen LogP contribution in [0.2, 0.25) is 0 Å². The van der Waals surface area contributed by atoms with Gasteiger partial charge < -0.3 is 26.7 Å². The van der Waals surface area contributed by atoms with Crippen LogP contribution in [0.25, 0.3) is 0 Å². The number of aliphatic carboxylic acids is 1. The number of carbonyl (C=O) groups excluding carboxylic acids is 3. The number of carboxylic acid groups (broad SMARTS) is 1. The molecule has 0 aliphatic carbocycles. The number of hydrogen-bond donors (Lipinski definition) is 4. The van der Waals surface area contributed by atoms with Gasteiger partial charge in [0.1, 0.15) is 22.8 Å². The molecule has 15 heteroatoms. The lowest BCUT2D eigenvalue weighted by Crippen LogP contribution is -2.71. The number of anilines is 1. The number of alkyl halides is 1. The molecular weight excluding hydrogens is 551 g/mol. The van der Waals surface area contributed by atoms with E-state index in [9.17, 15) is 24.3 Å². The Morgan fingerprint density at radius 3 is 2.77 bits per heavy atom. The van der Waals surface area contributed by atoms with Crippen LogP contribution in [0.1, 0.15) is 5.69 Å². The molecule has 1 fully saturated rings. The number of nitrogens with two attached hydrogens (primary N) is 2. The highest BCUT2D eigenvalue weighted by Gasteiger charge is 2.54. The molecule has 30 heavy (non-hydrogen) atoms. The molecule has 1 aromatic rings. The zero-order valence-corrected chi connectivity index (χ0v) is 18.8. The van der Waals surface area contributed by atoms with E-state index in [0.29, 0.717) is 15.8 Å². The van der Waals surface area contributed by atoms with Crippen molar-refractivity contribution in [3.05, 3.63) is 22.3 Å². The summed E-state index contributed by atoms with van der Waals surface area (Å²) in [6, 6.07) is -0.954. The minimum absolute atomic E-state index is 0.0467. The molecule has 0 radical (unpaired) electrons. The maximum atomic E-state index is 12.8. The standard InChI is InChI=1S/C15H15IN6O6S2/c16-1-5-3-29-13-9(12(25)22(13)10(5)14(26)27)20-11(24)8(21-28-2-7(17)23)6-4-30-15(18)19-6/h4,9,13H,1-3H2,(H2,17,23)(H2,18,19)(H,20,24)(H,26,27)/b21-8-/t9-,13-/m1/s1. The Morgan fingerprint density at radius 2 is 2.20 bits per heavy atom. The van der Waals surface area contributed by atoms with Crippen LogP contribution in [-0.2, 0) is 24.0 Å². The number of thioether (sulfide) groups is 1. The molecule has 2 aliphatic rings. The van der Waals surface area contributed by atoms with E-state index in [1.165, 1.54) is 22.0 Å². The first-order valence-electron chi connectivity index (χ1n) is 8.21. The van der Waals surface area contributed by atoms with Crippen molar-refractivity contribution in [2.75, 3.05) is 22.5 Å². The average molecular weight is 566 g/mol. The normalized spacial score (nSPS) is 21.0. The third-order valence-corrected chi connectivity index (χ3v) is 6.97. The van der Waals surface area contributed by atoms with Gasteiger partial charge in [0.05, 0.1) is 0 Å².